The van der Waals surface area contributed by atoms with Crippen LogP contribution < -0.4 is 0 Å². The minimum atomic E-state index is 1.08. The predicted molar refractivity (Wildman–Crippen MR) is 129 cm³/mol. The van der Waals surface area contributed by atoms with Gasteiger partial charge in [-0.3, -0.25) is 0 Å². The standard InChI is InChI=1S/C29H36/c1-7-9-10-25-17-23(6)27(8-2)29-19-26(18-28(25)29)22(5)14-13-21(4)24-15-11-20(3)12-16-24/h11-17,19H,7-10,18H2,1-6H3/b21-13+,22-14+. The summed E-state index contributed by atoms with van der Waals surface area (Å²) in [6.45, 7) is 13.5. The van der Waals surface area contributed by atoms with Crippen molar-refractivity contribution in [1.29, 1.82) is 0 Å². The van der Waals surface area contributed by atoms with Crippen LogP contribution in [0.5, 0.6) is 0 Å². The summed E-state index contributed by atoms with van der Waals surface area (Å²) in [5.74, 6) is 0. The van der Waals surface area contributed by atoms with Crippen molar-refractivity contribution in [3.8, 4) is 0 Å². The highest BCUT2D eigenvalue weighted by atomic mass is 14.3. The lowest BCUT2D eigenvalue weighted by Crippen LogP contribution is -2.01. The molecule has 1 aliphatic carbocycles. The largest absolute Gasteiger partial charge is 0.0654 e. The van der Waals surface area contributed by atoms with Gasteiger partial charge in [0.2, 0.25) is 0 Å². The van der Waals surface area contributed by atoms with Crippen LogP contribution in [-0.2, 0) is 19.3 Å². The number of hydrogen-bond acceptors (Lipinski definition) is 0. The summed E-state index contributed by atoms with van der Waals surface area (Å²) < 4.78 is 0. The number of hydrogen-bond donors (Lipinski definition) is 0. The number of allylic oxidation sites excluding steroid dienone is 5. The van der Waals surface area contributed by atoms with Gasteiger partial charge in [0.25, 0.3) is 0 Å². The highest BCUT2D eigenvalue weighted by molar-refractivity contribution is 5.74. The van der Waals surface area contributed by atoms with Crippen LogP contribution in [0.2, 0.25) is 0 Å². The SMILES string of the molecule is CCCCc1cc(C)c(CC)c2c1CC(/C(C)=C/C=C(\C)c1ccc(C)cc1)=C2. The van der Waals surface area contributed by atoms with Crippen LogP contribution in [0.25, 0.3) is 11.6 Å². The van der Waals surface area contributed by atoms with E-state index >= 15 is 0 Å². The van der Waals surface area contributed by atoms with Crippen molar-refractivity contribution in [2.75, 3.05) is 0 Å². The molecule has 0 saturated heterocycles. The molecule has 29 heavy (non-hydrogen) atoms. The Kier molecular flexibility index (Phi) is 6.96. The molecule has 152 valence electrons. The molecule has 0 fully saturated rings. The van der Waals surface area contributed by atoms with E-state index in [1.165, 1.54) is 63.8 Å². The van der Waals surface area contributed by atoms with Crippen LogP contribution in [-0.4, -0.2) is 0 Å². The van der Waals surface area contributed by atoms with Crippen LogP contribution in [0.3, 0.4) is 0 Å². The highest BCUT2D eigenvalue weighted by Gasteiger charge is 2.21. The third-order valence-electron chi connectivity index (χ3n) is 6.34. The fraction of sp³-hybridized carbons (Fsp3) is 0.379. The molecule has 0 aliphatic heterocycles. The normalized spacial score (nSPS) is 14.2. The fourth-order valence-corrected chi connectivity index (χ4v) is 4.38. The average Bonchev–Trinajstić information content (AvgIpc) is 3.16. The summed E-state index contributed by atoms with van der Waals surface area (Å²) >= 11 is 0. The van der Waals surface area contributed by atoms with Gasteiger partial charge >= 0.3 is 0 Å². The summed E-state index contributed by atoms with van der Waals surface area (Å²) in [7, 11) is 0. The van der Waals surface area contributed by atoms with Crippen molar-refractivity contribution in [1.82, 2.24) is 0 Å². The second-order valence-corrected chi connectivity index (χ2v) is 8.59. The molecule has 0 aromatic heterocycles. The summed E-state index contributed by atoms with van der Waals surface area (Å²) in [5, 5.41) is 0. The Morgan fingerprint density at radius 1 is 0.966 bits per heavy atom. The second-order valence-electron chi connectivity index (χ2n) is 8.59. The molecule has 2 aromatic rings. The first-order chi connectivity index (χ1) is 13.9. The van der Waals surface area contributed by atoms with E-state index in [-0.39, 0.29) is 0 Å². The van der Waals surface area contributed by atoms with Crippen molar-refractivity contribution < 1.29 is 0 Å². The Morgan fingerprint density at radius 2 is 1.66 bits per heavy atom. The maximum absolute atomic E-state index is 2.47. The van der Waals surface area contributed by atoms with Gasteiger partial charge in [-0.25, -0.2) is 0 Å². The Bertz CT molecular complexity index is 962. The maximum atomic E-state index is 2.47. The van der Waals surface area contributed by atoms with Crippen molar-refractivity contribution >= 4 is 11.6 Å². The van der Waals surface area contributed by atoms with Crippen LogP contribution in [0.4, 0.5) is 0 Å². The van der Waals surface area contributed by atoms with E-state index in [0.29, 0.717) is 0 Å². The van der Waals surface area contributed by atoms with E-state index in [4.69, 9.17) is 0 Å². The van der Waals surface area contributed by atoms with E-state index in [1.807, 2.05) is 0 Å². The molecule has 2 aromatic carbocycles. The van der Waals surface area contributed by atoms with Gasteiger partial charge in [0.05, 0.1) is 0 Å². The molecule has 0 amide bonds. The smallest absolute Gasteiger partial charge is 0.00141 e. The molecular weight excluding hydrogens is 348 g/mol. The maximum Gasteiger partial charge on any atom is -0.00141 e. The molecule has 0 atom stereocenters. The summed E-state index contributed by atoms with van der Waals surface area (Å²) in [5.41, 5.74) is 14.5. The third kappa shape index (κ3) is 4.81. The van der Waals surface area contributed by atoms with E-state index < -0.39 is 0 Å². The number of unbranched alkanes of at least 4 members (excludes halogenated alkanes) is 1. The Hall–Kier alpha value is -2.34. The second kappa shape index (κ2) is 9.44. The first-order valence-corrected chi connectivity index (χ1v) is 11.2. The van der Waals surface area contributed by atoms with Gasteiger partial charge in [0.15, 0.2) is 0 Å². The molecular formula is C29H36. The molecule has 0 heteroatoms. The van der Waals surface area contributed by atoms with Gasteiger partial charge < -0.3 is 0 Å². The monoisotopic (exact) mass is 384 g/mol. The van der Waals surface area contributed by atoms with E-state index in [0.717, 1.165) is 12.8 Å². The van der Waals surface area contributed by atoms with Crippen LogP contribution in [0.1, 0.15) is 79.5 Å². The quantitative estimate of drug-likeness (QED) is 0.422. The van der Waals surface area contributed by atoms with Gasteiger partial charge in [0, 0.05) is 0 Å². The predicted octanol–water partition coefficient (Wildman–Crippen LogP) is 8.20. The number of fused-ring (bicyclic) bond motifs is 1. The zero-order chi connectivity index (χ0) is 21.0. The molecule has 0 N–H and O–H groups in total. The van der Waals surface area contributed by atoms with Crippen molar-refractivity contribution in [2.24, 2.45) is 0 Å². The van der Waals surface area contributed by atoms with Gasteiger partial charge in [-0.1, -0.05) is 74.4 Å². The molecule has 0 nitrogen and oxygen atoms in total. The Labute approximate surface area is 178 Å². The lowest BCUT2D eigenvalue weighted by atomic mass is 9.90. The summed E-state index contributed by atoms with van der Waals surface area (Å²) in [6, 6.07) is 11.3. The summed E-state index contributed by atoms with van der Waals surface area (Å²) in [6.07, 6.45) is 13.0. The highest BCUT2D eigenvalue weighted by Crippen LogP contribution is 2.36. The molecule has 3 rings (SSSR count). The van der Waals surface area contributed by atoms with Crippen LogP contribution in [0.15, 0.2) is 53.6 Å². The zero-order valence-electron chi connectivity index (χ0n) is 19.2. The van der Waals surface area contributed by atoms with Gasteiger partial charge in [-0.05, 0) is 103 Å². The van der Waals surface area contributed by atoms with Crippen molar-refractivity contribution in [3.63, 3.8) is 0 Å². The van der Waals surface area contributed by atoms with Gasteiger partial charge in [0.1, 0.15) is 0 Å². The first kappa shape index (κ1) is 21.4. The van der Waals surface area contributed by atoms with Gasteiger partial charge in [-0.15, -0.1) is 0 Å². The van der Waals surface area contributed by atoms with Crippen LogP contribution >= 0.6 is 0 Å². The molecule has 0 saturated carbocycles. The summed E-state index contributed by atoms with van der Waals surface area (Å²) in [4.78, 5) is 0. The minimum Gasteiger partial charge on any atom is -0.0654 e. The Balaban J connectivity index is 1.89. The van der Waals surface area contributed by atoms with Crippen LogP contribution in [0, 0.1) is 13.8 Å². The first-order valence-electron chi connectivity index (χ1n) is 11.2. The van der Waals surface area contributed by atoms with Gasteiger partial charge in [-0.2, -0.15) is 0 Å². The topological polar surface area (TPSA) is 0 Å². The molecule has 0 unspecified atom stereocenters. The van der Waals surface area contributed by atoms with Crippen molar-refractivity contribution in [3.05, 3.63) is 92.6 Å². The minimum absolute atomic E-state index is 1.08. The lowest BCUT2D eigenvalue weighted by Gasteiger charge is -2.15. The lowest BCUT2D eigenvalue weighted by molar-refractivity contribution is 0.787. The molecule has 0 heterocycles. The molecule has 0 bridgehead atoms. The van der Waals surface area contributed by atoms with Crippen molar-refractivity contribution in [2.45, 2.75) is 73.6 Å². The Morgan fingerprint density at radius 3 is 2.31 bits per heavy atom. The molecule has 0 spiro atoms. The van der Waals surface area contributed by atoms with E-state index in [1.54, 1.807) is 11.1 Å². The average molecular weight is 385 g/mol. The molecule has 0 radical (unpaired) electrons. The third-order valence-corrected chi connectivity index (χ3v) is 6.34. The van der Waals surface area contributed by atoms with E-state index in [2.05, 4.69) is 90.1 Å². The molecule has 1 aliphatic rings. The number of rotatable bonds is 7. The zero-order valence-corrected chi connectivity index (χ0v) is 19.2. The van der Waals surface area contributed by atoms with E-state index in [9.17, 15) is 0 Å². The fourth-order valence-electron chi connectivity index (χ4n) is 4.38. The number of aryl methyl sites for hydroxylation is 3. The number of benzene rings is 2.